The number of rotatable bonds is 1. The van der Waals surface area contributed by atoms with Gasteiger partial charge in [0.1, 0.15) is 12.2 Å². The van der Waals surface area contributed by atoms with Gasteiger partial charge in [0.25, 0.3) is 5.91 Å². The molecule has 3 aliphatic heterocycles. The van der Waals surface area contributed by atoms with Gasteiger partial charge in [-0.1, -0.05) is 30.3 Å². The zero-order valence-electron chi connectivity index (χ0n) is 11.4. The van der Waals surface area contributed by atoms with Gasteiger partial charge in [-0.25, -0.2) is 4.79 Å². The highest BCUT2D eigenvalue weighted by Gasteiger charge is 2.52. The largest absolute Gasteiger partial charge is 0.351 e. The lowest BCUT2D eigenvalue weighted by atomic mass is 10.1. The molecule has 4 rings (SSSR count). The van der Waals surface area contributed by atoms with Crippen LogP contribution in [0.1, 0.15) is 5.56 Å². The minimum absolute atomic E-state index is 0.186. The third kappa shape index (κ3) is 1.71. The first kappa shape index (κ1) is 12.2. The minimum atomic E-state index is -0.425. The van der Waals surface area contributed by atoms with E-state index in [-0.39, 0.29) is 24.4 Å². The fraction of sp³-hybridized carbons (Fsp3) is 0.286. The Morgan fingerprint density at radius 1 is 1.14 bits per heavy atom. The summed E-state index contributed by atoms with van der Waals surface area (Å²) in [4.78, 5) is 27.2. The normalized spacial score (nSPS) is 30.5. The van der Waals surface area contributed by atoms with Crippen LogP contribution in [0.2, 0.25) is 0 Å². The Hall–Kier alpha value is -2.54. The van der Waals surface area contributed by atoms with E-state index in [1.54, 1.807) is 7.05 Å². The smallest absolute Gasteiger partial charge is 0.325 e. The SMILES string of the molecule is CN1C(=O)NC(=O)C2C1NC1NC(c3ccccc3)=CN12. The second kappa shape index (κ2) is 4.23. The van der Waals surface area contributed by atoms with Gasteiger partial charge in [-0.3, -0.25) is 15.4 Å². The molecule has 0 aromatic heterocycles. The molecule has 0 saturated carbocycles. The number of hydrogen-bond donors (Lipinski definition) is 3. The highest BCUT2D eigenvalue weighted by atomic mass is 16.2. The van der Waals surface area contributed by atoms with Gasteiger partial charge in [0.2, 0.25) is 0 Å². The summed E-state index contributed by atoms with van der Waals surface area (Å²) in [5.74, 6) is -0.273. The van der Waals surface area contributed by atoms with Crippen LogP contribution in [-0.4, -0.2) is 47.3 Å². The van der Waals surface area contributed by atoms with Crippen LogP contribution in [0.4, 0.5) is 4.79 Å². The number of carbonyl (C=O) groups is 2. The van der Waals surface area contributed by atoms with E-state index in [9.17, 15) is 9.59 Å². The van der Waals surface area contributed by atoms with Crippen LogP contribution >= 0.6 is 0 Å². The van der Waals surface area contributed by atoms with Gasteiger partial charge < -0.3 is 15.1 Å². The molecule has 2 saturated heterocycles. The van der Waals surface area contributed by atoms with Crippen LogP contribution in [0.15, 0.2) is 36.5 Å². The molecule has 0 bridgehead atoms. The van der Waals surface area contributed by atoms with E-state index in [4.69, 9.17) is 0 Å². The predicted molar refractivity (Wildman–Crippen MR) is 75.2 cm³/mol. The molecule has 1 aromatic carbocycles. The summed E-state index contributed by atoms with van der Waals surface area (Å²) in [6.07, 6.45) is 1.42. The average molecular weight is 285 g/mol. The molecule has 3 N–H and O–H groups in total. The number of fused-ring (bicyclic) bond motifs is 3. The maximum absolute atomic E-state index is 12.1. The van der Waals surface area contributed by atoms with Gasteiger partial charge in [-0.05, 0) is 5.56 Å². The number of hydrogen-bond acceptors (Lipinski definition) is 5. The second-order valence-electron chi connectivity index (χ2n) is 5.36. The summed E-state index contributed by atoms with van der Waals surface area (Å²) in [6, 6.07) is 9.12. The Morgan fingerprint density at radius 2 is 1.90 bits per heavy atom. The Kier molecular flexibility index (Phi) is 2.46. The van der Waals surface area contributed by atoms with E-state index in [0.717, 1.165) is 11.3 Å². The molecular weight excluding hydrogens is 270 g/mol. The van der Waals surface area contributed by atoms with E-state index < -0.39 is 6.04 Å². The monoisotopic (exact) mass is 285 g/mol. The molecule has 2 fully saturated rings. The van der Waals surface area contributed by atoms with Crippen molar-refractivity contribution in [1.29, 1.82) is 0 Å². The fourth-order valence-corrected chi connectivity index (χ4v) is 3.04. The molecule has 0 spiro atoms. The zero-order valence-corrected chi connectivity index (χ0v) is 11.4. The number of benzene rings is 1. The standard InChI is InChI=1S/C14H15N5O2/c1-18-11-10(12(20)17-14(18)21)19-7-9(15-13(19)16-11)8-5-3-2-4-6-8/h2-7,10-11,13,15-16H,1H3,(H,17,20,21). The number of imide groups is 1. The Labute approximate surface area is 121 Å². The first-order valence-corrected chi connectivity index (χ1v) is 6.80. The Morgan fingerprint density at radius 3 is 2.67 bits per heavy atom. The number of nitrogens with zero attached hydrogens (tertiary/aromatic N) is 2. The molecular formula is C14H15N5O2. The fourth-order valence-electron chi connectivity index (χ4n) is 3.04. The van der Waals surface area contributed by atoms with Crippen molar-refractivity contribution in [3.05, 3.63) is 42.1 Å². The molecule has 3 atom stereocenters. The number of carbonyl (C=O) groups excluding carboxylic acids is 2. The van der Waals surface area contributed by atoms with Crippen LogP contribution in [0.25, 0.3) is 5.70 Å². The van der Waals surface area contributed by atoms with Crippen LogP contribution < -0.4 is 16.0 Å². The summed E-state index contributed by atoms with van der Waals surface area (Å²) in [5.41, 5.74) is 2.02. The van der Waals surface area contributed by atoms with E-state index in [1.807, 2.05) is 41.4 Å². The molecule has 108 valence electrons. The molecule has 0 radical (unpaired) electrons. The molecule has 3 aliphatic rings. The molecule has 3 amide bonds. The lowest BCUT2D eigenvalue weighted by molar-refractivity contribution is -0.126. The summed E-state index contributed by atoms with van der Waals surface area (Å²) in [7, 11) is 1.68. The minimum Gasteiger partial charge on any atom is -0.351 e. The van der Waals surface area contributed by atoms with Gasteiger partial charge in [0.15, 0.2) is 6.29 Å². The zero-order chi connectivity index (χ0) is 14.6. The maximum Gasteiger partial charge on any atom is 0.325 e. The molecule has 3 heterocycles. The van der Waals surface area contributed by atoms with Crippen molar-refractivity contribution >= 4 is 17.6 Å². The van der Waals surface area contributed by atoms with Crippen molar-refractivity contribution in [3.63, 3.8) is 0 Å². The van der Waals surface area contributed by atoms with Crippen molar-refractivity contribution in [1.82, 2.24) is 25.8 Å². The highest BCUT2D eigenvalue weighted by Crippen LogP contribution is 2.29. The van der Waals surface area contributed by atoms with E-state index >= 15 is 0 Å². The van der Waals surface area contributed by atoms with Crippen LogP contribution in [-0.2, 0) is 4.79 Å². The summed E-state index contributed by atoms with van der Waals surface area (Å²) in [6.45, 7) is 0. The number of urea groups is 1. The van der Waals surface area contributed by atoms with Crippen LogP contribution in [0.3, 0.4) is 0 Å². The van der Waals surface area contributed by atoms with Crippen molar-refractivity contribution in [2.45, 2.75) is 18.5 Å². The van der Waals surface area contributed by atoms with E-state index in [1.165, 1.54) is 4.90 Å². The first-order chi connectivity index (χ1) is 10.1. The second-order valence-corrected chi connectivity index (χ2v) is 5.36. The quantitative estimate of drug-likeness (QED) is 0.658. The number of likely N-dealkylation sites (N-methyl/N-ethyl adjacent to an activating group) is 1. The van der Waals surface area contributed by atoms with Crippen molar-refractivity contribution in [3.8, 4) is 0 Å². The summed E-state index contributed by atoms with van der Waals surface area (Å²) < 4.78 is 0. The highest BCUT2D eigenvalue weighted by molar-refractivity contribution is 6.00. The third-order valence-electron chi connectivity index (χ3n) is 4.14. The predicted octanol–water partition coefficient (Wildman–Crippen LogP) is -0.347. The molecule has 21 heavy (non-hydrogen) atoms. The number of nitrogens with one attached hydrogen (secondary N) is 3. The maximum atomic E-state index is 12.1. The van der Waals surface area contributed by atoms with E-state index in [2.05, 4.69) is 16.0 Å². The Balaban J connectivity index is 1.65. The third-order valence-corrected chi connectivity index (χ3v) is 4.14. The van der Waals surface area contributed by atoms with Gasteiger partial charge in [-0.2, -0.15) is 0 Å². The topological polar surface area (TPSA) is 76.7 Å². The molecule has 7 heteroatoms. The molecule has 1 aromatic rings. The molecule has 3 unspecified atom stereocenters. The van der Waals surface area contributed by atoms with Crippen molar-refractivity contribution in [2.75, 3.05) is 7.05 Å². The van der Waals surface area contributed by atoms with Crippen molar-refractivity contribution in [2.24, 2.45) is 0 Å². The van der Waals surface area contributed by atoms with E-state index in [0.29, 0.717) is 0 Å². The molecule has 0 aliphatic carbocycles. The first-order valence-electron chi connectivity index (χ1n) is 6.80. The van der Waals surface area contributed by atoms with Gasteiger partial charge >= 0.3 is 6.03 Å². The summed E-state index contributed by atoms with van der Waals surface area (Å²) >= 11 is 0. The van der Waals surface area contributed by atoms with Crippen molar-refractivity contribution < 1.29 is 9.59 Å². The lowest BCUT2D eigenvalue weighted by Crippen LogP contribution is -2.64. The van der Waals surface area contributed by atoms with Crippen LogP contribution in [0, 0.1) is 0 Å². The van der Waals surface area contributed by atoms with Gasteiger partial charge in [0.05, 0.1) is 5.70 Å². The van der Waals surface area contributed by atoms with Gasteiger partial charge in [0, 0.05) is 13.2 Å². The average Bonchev–Trinajstić information content (AvgIpc) is 3.03. The summed E-state index contributed by atoms with van der Waals surface area (Å²) in [5, 5.41) is 8.99. The lowest BCUT2D eigenvalue weighted by Gasteiger charge is -2.34. The molecule has 7 nitrogen and oxygen atoms in total. The number of amides is 3. The van der Waals surface area contributed by atoms with Gasteiger partial charge in [-0.15, -0.1) is 0 Å². The Bertz CT molecular complexity index is 644. The van der Waals surface area contributed by atoms with Crippen LogP contribution in [0.5, 0.6) is 0 Å².